The third-order valence-corrected chi connectivity index (χ3v) is 4.93. The third-order valence-electron chi connectivity index (χ3n) is 4.07. The number of phenols is 1. The lowest BCUT2D eigenvalue weighted by molar-refractivity contribution is -0.116. The first kappa shape index (κ1) is 14.0. The van der Waals surface area contributed by atoms with Crippen LogP contribution in [0.2, 0.25) is 0 Å². The summed E-state index contributed by atoms with van der Waals surface area (Å²) in [6, 6.07) is 11.1. The van der Waals surface area contributed by atoms with Crippen molar-refractivity contribution in [1.29, 1.82) is 0 Å². The second-order valence-corrected chi connectivity index (χ2v) is 6.61. The molecule has 1 atom stereocenters. The number of nitrogens with one attached hydrogen (secondary N) is 1. The number of phenolic OH excluding ortho intramolecular Hbond substituents is 1. The SMILES string of the molecule is O=C1C[C@H](c2ccc(O)cc2)c2cnn(Cc3cccs3)c2N1. The van der Waals surface area contributed by atoms with Gasteiger partial charge in [-0.1, -0.05) is 18.2 Å². The van der Waals surface area contributed by atoms with Gasteiger partial charge in [-0.15, -0.1) is 11.3 Å². The van der Waals surface area contributed by atoms with Gasteiger partial charge in [-0.05, 0) is 29.1 Å². The summed E-state index contributed by atoms with van der Waals surface area (Å²) in [5.41, 5.74) is 2.03. The first-order valence-corrected chi connectivity index (χ1v) is 8.25. The van der Waals surface area contributed by atoms with Gasteiger partial charge >= 0.3 is 0 Å². The quantitative estimate of drug-likeness (QED) is 0.777. The minimum absolute atomic E-state index is 0.0106. The Kier molecular flexibility index (Phi) is 3.38. The smallest absolute Gasteiger partial charge is 0.226 e. The highest BCUT2D eigenvalue weighted by Crippen LogP contribution is 2.37. The summed E-state index contributed by atoms with van der Waals surface area (Å²) < 4.78 is 1.84. The number of fused-ring (bicyclic) bond motifs is 1. The molecule has 0 radical (unpaired) electrons. The number of nitrogens with zero attached hydrogens (tertiary/aromatic N) is 2. The van der Waals surface area contributed by atoms with Crippen molar-refractivity contribution in [2.75, 3.05) is 5.32 Å². The van der Waals surface area contributed by atoms with Gasteiger partial charge in [-0.25, -0.2) is 4.68 Å². The van der Waals surface area contributed by atoms with Crippen LogP contribution in [0.4, 0.5) is 5.82 Å². The predicted octanol–water partition coefficient (Wildman–Crippen LogP) is 3.17. The largest absolute Gasteiger partial charge is 0.508 e. The van der Waals surface area contributed by atoms with Crippen molar-refractivity contribution in [3.8, 4) is 5.75 Å². The van der Waals surface area contributed by atoms with E-state index in [1.807, 2.05) is 34.5 Å². The maximum Gasteiger partial charge on any atom is 0.226 e. The summed E-state index contributed by atoms with van der Waals surface area (Å²) in [7, 11) is 0. The maximum absolute atomic E-state index is 12.1. The number of benzene rings is 1. The first-order chi connectivity index (χ1) is 11.2. The Morgan fingerprint density at radius 1 is 1.30 bits per heavy atom. The third kappa shape index (κ3) is 2.61. The van der Waals surface area contributed by atoms with Gasteiger partial charge in [0.15, 0.2) is 0 Å². The molecule has 3 heterocycles. The summed E-state index contributed by atoms with van der Waals surface area (Å²) in [4.78, 5) is 13.3. The number of aromatic hydroxyl groups is 1. The van der Waals surface area contributed by atoms with Crippen molar-refractivity contribution in [1.82, 2.24) is 9.78 Å². The van der Waals surface area contributed by atoms with Crippen LogP contribution in [0, 0.1) is 0 Å². The topological polar surface area (TPSA) is 67.1 Å². The van der Waals surface area contributed by atoms with Gasteiger partial charge in [0.05, 0.1) is 12.7 Å². The van der Waals surface area contributed by atoms with Gasteiger partial charge in [0.1, 0.15) is 11.6 Å². The summed E-state index contributed by atoms with van der Waals surface area (Å²) >= 11 is 1.67. The van der Waals surface area contributed by atoms with Crippen molar-refractivity contribution in [3.63, 3.8) is 0 Å². The highest BCUT2D eigenvalue weighted by atomic mass is 32.1. The van der Waals surface area contributed by atoms with Crippen molar-refractivity contribution in [2.45, 2.75) is 18.9 Å². The van der Waals surface area contributed by atoms with Crippen LogP contribution in [-0.4, -0.2) is 20.8 Å². The fraction of sp³-hybridized carbons (Fsp3) is 0.176. The average molecular weight is 325 g/mol. The highest BCUT2D eigenvalue weighted by Gasteiger charge is 2.29. The zero-order chi connectivity index (χ0) is 15.8. The molecule has 1 aromatic carbocycles. The lowest BCUT2D eigenvalue weighted by atomic mass is 9.87. The Morgan fingerprint density at radius 3 is 2.87 bits per heavy atom. The zero-order valence-corrected chi connectivity index (χ0v) is 13.1. The van der Waals surface area contributed by atoms with Crippen LogP contribution >= 0.6 is 11.3 Å². The Bertz CT molecular complexity index is 837. The van der Waals surface area contributed by atoms with Gasteiger partial charge in [0.2, 0.25) is 5.91 Å². The second-order valence-electron chi connectivity index (χ2n) is 5.58. The average Bonchev–Trinajstić information content (AvgIpc) is 3.18. The molecule has 0 aliphatic carbocycles. The van der Waals surface area contributed by atoms with E-state index in [0.717, 1.165) is 16.9 Å². The normalized spacial score (nSPS) is 16.9. The van der Waals surface area contributed by atoms with E-state index in [1.165, 1.54) is 4.88 Å². The van der Waals surface area contributed by atoms with Crippen LogP contribution in [0.5, 0.6) is 5.75 Å². The Balaban J connectivity index is 1.72. The molecule has 0 unspecified atom stereocenters. The van der Waals surface area contributed by atoms with Crippen LogP contribution in [0.25, 0.3) is 0 Å². The van der Waals surface area contributed by atoms with E-state index < -0.39 is 0 Å². The molecule has 23 heavy (non-hydrogen) atoms. The zero-order valence-electron chi connectivity index (χ0n) is 12.3. The van der Waals surface area contributed by atoms with Crippen LogP contribution in [0.15, 0.2) is 48.0 Å². The van der Waals surface area contributed by atoms with E-state index in [0.29, 0.717) is 13.0 Å². The number of anilines is 1. The second kappa shape index (κ2) is 5.55. The lowest BCUT2D eigenvalue weighted by Gasteiger charge is -2.23. The molecule has 3 aromatic rings. The molecule has 5 nitrogen and oxygen atoms in total. The van der Waals surface area contributed by atoms with Crippen molar-refractivity contribution >= 4 is 23.1 Å². The van der Waals surface area contributed by atoms with Crippen molar-refractivity contribution in [3.05, 3.63) is 64.0 Å². The molecule has 2 N–H and O–H groups in total. The summed E-state index contributed by atoms with van der Waals surface area (Å²) in [6.45, 7) is 0.648. The monoisotopic (exact) mass is 325 g/mol. The van der Waals surface area contributed by atoms with Gasteiger partial charge in [-0.2, -0.15) is 5.10 Å². The Labute approximate surface area is 137 Å². The minimum atomic E-state index is -0.0311. The number of hydrogen-bond acceptors (Lipinski definition) is 4. The number of carbonyl (C=O) groups excluding carboxylic acids is 1. The van der Waals surface area contributed by atoms with Gasteiger partial charge in [0, 0.05) is 22.8 Å². The fourth-order valence-electron chi connectivity index (χ4n) is 2.94. The van der Waals surface area contributed by atoms with Crippen molar-refractivity contribution in [2.24, 2.45) is 0 Å². The Hall–Kier alpha value is -2.60. The molecular weight excluding hydrogens is 310 g/mol. The van der Waals surface area contributed by atoms with Crippen molar-refractivity contribution < 1.29 is 9.90 Å². The molecule has 4 rings (SSSR count). The van der Waals surface area contributed by atoms with E-state index >= 15 is 0 Å². The van der Waals surface area contributed by atoms with E-state index in [9.17, 15) is 9.90 Å². The molecular formula is C17H15N3O2S. The molecule has 0 saturated carbocycles. The number of hydrogen-bond donors (Lipinski definition) is 2. The maximum atomic E-state index is 12.1. The van der Waals surface area contributed by atoms with Gasteiger partial charge in [0.25, 0.3) is 0 Å². The number of aromatic nitrogens is 2. The highest BCUT2D eigenvalue weighted by molar-refractivity contribution is 7.09. The summed E-state index contributed by atoms with van der Waals surface area (Å²) in [5.74, 6) is 0.954. The van der Waals surface area contributed by atoms with Crippen LogP contribution < -0.4 is 5.32 Å². The fourth-order valence-corrected chi connectivity index (χ4v) is 3.63. The molecule has 116 valence electrons. The van der Waals surface area contributed by atoms with Crippen LogP contribution in [0.1, 0.15) is 28.3 Å². The number of carbonyl (C=O) groups is 1. The first-order valence-electron chi connectivity index (χ1n) is 7.37. The number of rotatable bonds is 3. The predicted molar refractivity (Wildman–Crippen MR) is 88.8 cm³/mol. The molecule has 1 aliphatic heterocycles. The molecule has 6 heteroatoms. The Morgan fingerprint density at radius 2 is 2.13 bits per heavy atom. The van der Waals surface area contributed by atoms with Gasteiger partial charge < -0.3 is 10.4 Å². The van der Waals surface area contributed by atoms with Crippen LogP contribution in [0.3, 0.4) is 0 Å². The molecule has 0 bridgehead atoms. The van der Waals surface area contributed by atoms with E-state index in [1.54, 1.807) is 23.5 Å². The summed E-state index contributed by atoms with van der Waals surface area (Å²) in [6.07, 6.45) is 2.22. The standard InChI is InChI=1S/C17H15N3O2S/c21-12-5-3-11(4-6-12)14-8-16(22)19-17-15(14)9-18-20(17)10-13-2-1-7-23-13/h1-7,9,14,21H,8,10H2,(H,19,22)/t14-/m1/s1. The van der Waals surface area contributed by atoms with Crippen LogP contribution in [-0.2, 0) is 11.3 Å². The lowest BCUT2D eigenvalue weighted by Crippen LogP contribution is -2.25. The summed E-state index contributed by atoms with van der Waals surface area (Å²) in [5, 5.41) is 18.9. The molecule has 0 spiro atoms. The molecule has 1 aliphatic rings. The molecule has 2 aromatic heterocycles. The molecule has 0 saturated heterocycles. The molecule has 0 fully saturated rings. The molecule has 1 amide bonds. The minimum Gasteiger partial charge on any atom is -0.508 e. The number of amides is 1. The van der Waals surface area contributed by atoms with Gasteiger partial charge in [-0.3, -0.25) is 4.79 Å². The van der Waals surface area contributed by atoms with E-state index in [2.05, 4.69) is 16.5 Å². The van der Waals surface area contributed by atoms with E-state index in [4.69, 9.17) is 0 Å². The number of thiophene rings is 1. The van der Waals surface area contributed by atoms with E-state index in [-0.39, 0.29) is 17.6 Å².